The van der Waals surface area contributed by atoms with Crippen molar-refractivity contribution < 1.29 is 27.9 Å². The van der Waals surface area contributed by atoms with Crippen molar-refractivity contribution in [2.45, 2.75) is 17.9 Å². The molecule has 1 atom stereocenters. The first-order valence-corrected chi connectivity index (χ1v) is 11.2. The second kappa shape index (κ2) is 8.96. The zero-order chi connectivity index (χ0) is 21.9. The van der Waals surface area contributed by atoms with E-state index < -0.39 is 28.0 Å². The molecule has 2 aromatic rings. The Morgan fingerprint density at radius 2 is 1.93 bits per heavy atom. The number of aliphatic carboxylic acids is 1. The molecule has 156 valence electrons. The first kappa shape index (κ1) is 22.0. The average molecular weight is 465 g/mol. The number of hydrogen-bond acceptors (Lipinski definition) is 7. The van der Waals surface area contributed by atoms with Gasteiger partial charge in [0, 0.05) is 0 Å². The number of hydrogen-bond donors (Lipinski definition) is 2. The molecular weight excluding hydrogens is 448 g/mol. The number of amides is 1. The fourth-order valence-electron chi connectivity index (χ4n) is 2.40. The van der Waals surface area contributed by atoms with E-state index in [0.29, 0.717) is 11.3 Å². The maximum Gasteiger partial charge on any atom is 0.344 e. The predicted octanol–water partition coefficient (Wildman–Crippen LogP) is 2.63. The van der Waals surface area contributed by atoms with Crippen molar-refractivity contribution in [3.05, 3.63) is 65.1 Å². The summed E-state index contributed by atoms with van der Waals surface area (Å²) in [6.07, 6.45) is 0.486. The molecule has 1 heterocycles. The van der Waals surface area contributed by atoms with E-state index in [1.54, 1.807) is 42.5 Å². The quantitative estimate of drug-likeness (QED) is 0.475. The van der Waals surface area contributed by atoms with Gasteiger partial charge >= 0.3 is 5.97 Å². The van der Waals surface area contributed by atoms with E-state index in [2.05, 4.69) is 4.83 Å². The number of benzene rings is 2. The van der Waals surface area contributed by atoms with Crippen LogP contribution in [0.2, 0.25) is 0 Å². The van der Waals surface area contributed by atoms with E-state index in [1.165, 1.54) is 25.1 Å². The largest absolute Gasteiger partial charge is 0.479 e. The Kier molecular flexibility index (Phi) is 6.56. The normalized spacial score (nSPS) is 16.7. The van der Waals surface area contributed by atoms with Crippen molar-refractivity contribution in [3.63, 3.8) is 0 Å². The van der Waals surface area contributed by atoms with Gasteiger partial charge in [-0.25, -0.2) is 18.2 Å². The van der Waals surface area contributed by atoms with Crippen LogP contribution in [0, 0.1) is 0 Å². The minimum Gasteiger partial charge on any atom is -0.479 e. The first-order valence-electron chi connectivity index (χ1n) is 8.52. The Hall–Kier alpha value is -2.73. The average Bonchev–Trinajstić information content (AvgIpc) is 2.96. The monoisotopic (exact) mass is 464 g/mol. The molecule has 2 aromatic carbocycles. The number of rotatable bonds is 7. The lowest BCUT2D eigenvalue weighted by molar-refractivity contribution is -0.144. The van der Waals surface area contributed by atoms with Gasteiger partial charge in [-0.3, -0.25) is 4.79 Å². The first-order chi connectivity index (χ1) is 14.2. The Balaban J connectivity index is 1.79. The summed E-state index contributed by atoms with van der Waals surface area (Å²) in [5.41, 5.74) is 0.566. The molecule has 1 unspecified atom stereocenters. The van der Waals surface area contributed by atoms with Crippen LogP contribution in [0.15, 0.2) is 64.4 Å². The van der Waals surface area contributed by atoms with Gasteiger partial charge in [0.15, 0.2) is 10.4 Å². The van der Waals surface area contributed by atoms with Crippen LogP contribution in [0.4, 0.5) is 0 Å². The Bertz CT molecular complexity index is 1130. The molecule has 0 spiro atoms. The summed E-state index contributed by atoms with van der Waals surface area (Å²) in [5.74, 6) is -1.40. The van der Waals surface area contributed by atoms with Gasteiger partial charge in [-0.1, -0.05) is 54.3 Å². The number of carboxylic acids is 1. The summed E-state index contributed by atoms with van der Waals surface area (Å²) in [6, 6.07) is 14.1. The van der Waals surface area contributed by atoms with Crippen LogP contribution in [0.1, 0.15) is 12.5 Å². The van der Waals surface area contributed by atoms with Crippen LogP contribution in [0.25, 0.3) is 6.08 Å². The molecule has 30 heavy (non-hydrogen) atoms. The van der Waals surface area contributed by atoms with Gasteiger partial charge in [0.1, 0.15) is 5.75 Å². The molecule has 0 bridgehead atoms. The van der Waals surface area contributed by atoms with Crippen molar-refractivity contribution in [2.24, 2.45) is 0 Å². The molecule has 0 radical (unpaired) electrons. The van der Waals surface area contributed by atoms with Crippen molar-refractivity contribution in [3.8, 4) is 5.75 Å². The van der Waals surface area contributed by atoms with Crippen LogP contribution in [-0.2, 0) is 19.6 Å². The molecule has 2 N–H and O–H groups in total. The Morgan fingerprint density at radius 3 is 2.60 bits per heavy atom. The van der Waals surface area contributed by atoms with Crippen molar-refractivity contribution >= 4 is 56.3 Å². The second-order valence-corrected chi connectivity index (χ2v) is 9.43. The second-order valence-electron chi connectivity index (χ2n) is 6.10. The molecule has 3 rings (SSSR count). The van der Waals surface area contributed by atoms with Crippen LogP contribution < -0.4 is 9.57 Å². The molecule has 11 heteroatoms. The van der Waals surface area contributed by atoms with Crippen molar-refractivity contribution in [2.75, 3.05) is 0 Å². The van der Waals surface area contributed by atoms with Gasteiger partial charge in [-0.05, 0) is 42.8 Å². The fourth-order valence-corrected chi connectivity index (χ4v) is 4.73. The molecule has 0 saturated carbocycles. The van der Waals surface area contributed by atoms with E-state index in [1.807, 2.05) is 0 Å². The molecule has 1 aliphatic rings. The zero-order valence-electron chi connectivity index (χ0n) is 15.5. The van der Waals surface area contributed by atoms with Crippen LogP contribution in [0.5, 0.6) is 5.75 Å². The lowest BCUT2D eigenvalue weighted by Gasteiger charge is -2.15. The maximum absolute atomic E-state index is 12.7. The van der Waals surface area contributed by atoms with Crippen molar-refractivity contribution in [1.29, 1.82) is 0 Å². The third kappa shape index (κ3) is 5.05. The minimum absolute atomic E-state index is 0.000398. The smallest absolute Gasteiger partial charge is 0.344 e. The van der Waals surface area contributed by atoms with E-state index in [9.17, 15) is 18.0 Å². The number of hydrazine groups is 1. The Labute approximate surface area is 182 Å². The number of carboxylic acid groups (broad SMARTS) is 1. The van der Waals surface area contributed by atoms with Gasteiger partial charge in [0.25, 0.3) is 15.9 Å². The highest BCUT2D eigenvalue weighted by molar-refractivity contribution is 8.26. The van der Waals surface area contributed by atoms with Gasteiger partial charge in [-0.15, -0.1) is 4.83 Å². The van der Waals surface area contributed by atoms with E-state index in [-0.39, 0.29) is 14.1 Å². The molecular formula is C19H16N2O6S3. The zero-order valence-corrected chi connectivity index (χ0v) is 18.0. The molecule has 1 aliphatic heterocycles. The third-order valence-corrected chi connectivity index (χ3v) is 6.49. The lowest BCUT2D eigenvalue weighted by Crippen LogP contribution is -2.44. The topological polar surface area (TPSA) is 113 Å². The van der Waals surface area contributed by atoms with Gasteiger partial charge < -0.3 is 9.84 Å². The molecule has 0 aromatic heterocycles. The van der Waals surface area contributed by atoms with Crippen LogP contribution >= 0.6 is 24.0 Å². The number of sulfonamides is 1. The summed E-state index contributed by atoms with van der Waals surface area (Å²) >= 11 is 6.09. The third-order valence-electron chi connectivity index (χ3n) is 3.88. The summed E-state index contributed by atoms with van der Waals surface area (Å²) < 4.78 is 30.3. The number of carbonyl (C=O) groups excluding carboxylic acids is 1. The molecule has 8 nitrogen and oxygen atoms in total. The van der Waals surface area contributed by atoms with Gasteiger partial charge in [-0.2, -0.15) is 0 Å². The summed E-state index contributed by atoms with van der Waals surface area (Å²) in [5, 5.41) is 9.76. The standard InChI is InChI=1S/C19H16N2O6S3/c1-12(18(23)24)27-14-7-5-6-13(10-14)11-16-17(22)21(19(28)29-16)20-30(25,26)15-8-3-2-4-9-15/h2-12,20H,1H3,(H,23,24)/b16-11+. The van der Waals surface area contributed by atoms with Crippen LogP contribution in [-0.4, -0.2) is 40.8 Å². The van der Waals surface area contributed by atoms with Crippen LogP contribution in [0.3, 0.4) is 0 Å². The van der Waals surface area contributed by atoms with E-state index in [0.717, 1.165) is 16.8 Å². The molecule has 1 saturated heterocycles. The SMILES string of the molecule is CC(Oc1cccc(/C=C2/SC(=S)N(NS(=O)(=O)c3ccccc3)C2=O)c1)C(=O)O. The lowest BCUT2D eigenvalue weighted by atomic mass is 10.2. The number of ether oxygens (including phenoxy) is 1. The van der Waals surface area contributed by atoms with E-state index >= 15 is 0 Å². The highest BCUT2D eigenvalue weighted by Crippen LogP contribution is 2.32. The number of nitrogens with one attached hydrogen (secondary N) is 1. The minimum atomic E-state index is -3.98. The molecule has 1 fully saturated rings. The summed E-state index contributed by atoms with van der Waals surface area (Å²) in [4.78, 5) is 26.0. The predicted molar refractivity (Wildman–Crippen MR) is 116 cm³/mol. The fraction of sp³-hybridized carbons (Fsp3) is 0.105. The highest BCUT2D eigenvalue weighted by Gasteiger charge is 2.35. The summed E-state index contributed by atoms with van der Waals surface area (Å²) in [6.45, 7) is 1.40. The Morgan fingerprint density at radius 1 is 1.23 bits per heavy atom. The highest BCUT2D eigenvalue weighted by atomic mass is 32.2. The maximum atomic E-state index is 12.7. The van der Waals surface area contributed by atoms with Gasteiger partial charge in [0.2, 0.25) is 0 Å². The number of thioether (sulfide) groups is 1. The van der Waals surface area contributed by atoms with Gasteiger partial charge in [0.05, 0.1) is 9.80 Å². The summed E-state index contributed by atoms with van der Waals surface area (Å²) in [7, 11) is -3.98. The number of carbonyl (C=O) groups is 2. The number of thiocarbonyl (C=S) groups is 1. The molecule has 0 aliphatic carbocycles. The number of nitrogens with zero attached hydrogens (tertiary/aromatic N) is 1. The van der Waals surface area contributed by atoms with Crippen molar-refractivity contribution in [1.82, 2.24) is 9.84 Å². The van der Waals surface area contributed by atoms with E-state index in [4.69, 9.17) is 22.1 Å². The molecule has 1 amide bonds.